The number of benzene rings is 1. The van der Waals surface area contributed by atoms with Crippen LogP contribution in [-0.2, 0) is 6.54 Å². The van der Waals surface area contributed by atoms with Gasteiger partial charge in [-0.25, -0.2) is 4.39 Å². The van der Waals surface area contributed by atoms with Gasteiger partial charge in [-0.2, -0.15) is 0 Å². The van der Waals surface area contributed by atoms with Crippen LogP contribution in [-0.4, -0.2) is 17.4 Å². The zero-order chi connectivity index (χ0) is 14.1. The van der Waals surface area contributed by atoms with Gasteiger partial charge in [-0.05, 0) is 29.6 Å². The molecule has 0 radical (unpaired) electrons. The molecule has 1 aromatic heterocycles. The third kappa shape index (κ3) is 2.51. The summed E-state index contributed by atoms with van der Waals surface area (Å²) in [4.78, 5) is 7.32. The first-order valence-corrected chi connectivity index (χ1v) is 7.45. The van der Waals surface area contributed by atoms with Crippen LogP contribution >= 0.6 is 22.9 Å². The predicted molar refractivity (Wildman–Crippen MR) is 80.5 cm³/mol. The van der Waals surface area contributed by atoms with Crippen molar-refractivity contribution in [2.45, 2.75) is 12.6 Å². The molecular formula is C14H13ClFN3S. The molecule has 0 bridgehead atoms. The predicted octanol–water partition coefficient (Wildman–Crippen LogP) is 3.41. The molecule has 1 aliphatic heterocycles. The molecule has 2 N–H and O–H groups in total. The van der Waals surface area contributed by atoms with E-state index in [2.05, 4.69) is 4.99 Å². The Labute approximate surface area is 125 Å². The van der Waals surface area contributed by atoms with Gasteiger partial charge in [0.1, 0.15) is 5.82 Å². The lowest BCUT2D eigenvalue weighted by Gasteiger charge is -2.26. The average Bonchev–Trinajstić information content (AvgIpc) is 3.05. The first-order valence-electron chi connectivity index (χ1n) is 6.19. The van der Waals surface area contributed by atoms with Crippen LogP contribution in [0.25, 0.3) is 0 Å². The Hall–Kier alpha value is -1.59. The van der Waals surface area contributed by atoms with Gasteiger partial charge in [-0.1, -0.05) is 17.7 Å². The van der Waals surface area contributed by atoms with E-state index in [-0.39, 0.29) is 11.9 Å². The summed E-state index contributed by atoms with van der Waals surface area (Å²) >= 11 is 7.61. The molecule has 0 amide bonds. The largest absolute Gasteiger partial charge is 0.370 e. The number of thiophene rings is 1. The molecule has 0 saturated carbocycles. The van der Waals surface area contributed by atoms with E-state index < -0.39 is 0 Å². The van der Waals surface area contributed by atoms with Crippen molar-refractivity contribution in [1.82, 2.24) is 4.90 Å². The van der Waals surface area contributed by atoms with Gasteiger partial charge in [0.15, 0.2) is 5.96 Å². The Morgan fingerprint density at radius 1 is 1.45 bits per heavy atom. The van der Waals surface area contributed by atoms with Crippen molar-refractivity contribution in [3.63, 3.8) is 0 Å². The number of rotatable bonds is 3. The fourth-order valence-electron chi connectivity index (χ4n) is 2.33. The minimum Gasteiger partial charge on any atom is -0.370 e. The maximum absolute atomic E-state index is 14.0. The molecule has 0 saturated heterocycles. The van der Waals surface area contributed by atoms with Gasteiger partial charge in [0.2, 0.25) is 0 Å². The number of halogens is 2. The number of aliphatic imine (C=N–C) groups is 1. The first kappa shape index (κ1) is 13.4. The third-order valence-electron chi connectivity index (χ3n) is 3.32. The van der Waals surface area contributed by atoms with Crippen LogP contribution in [0.2, 0.25) is 5.02 Å². The van der Waals surface area contributed by atoms with E-state index in [0.29, 0.717) is 29.6 Å². The minimum atomic E-state index is -0.277. The van der Waals surface area contributed by atoms with Crippen molar-refractivity contribution >= 4 is 28.9 Å². The van der Waals surface area contributed by atoms with Gasteiger partial charge in [-0.3, -0.25) is 4.99 Å². The molecule has 3 nitrogen and oxygen atoms in total. The Bertz CT molecular complexity index is 642. The number of hydrogen-bond acceptors (Lipinski definition) is 4. The summed E-state index contributed by atoms with van der Waals surface area (Å²) in [7, 11) is 0. The molecule has 0 spiro atoms. The smallest absolute Gasteiger partial charge is 0.192 e. The summed E-state index contributed by atoms with van der Waals surface area (Å²) in [5.74, 6) is 0.170. The lowest BCUT2D eigenvalue weighted by molar-refractivity contribution is 0.334. The molecule has 3 rings (SSSR count). The molecule has 1 aliphatic rings. The van der Waals surface area contributed by atoms with Crippen LogP contribution in [0.15, 0.2) is 40.7 Å². The highest BCUT2D eigenvalue weighted by molar-refractivity contribution is 7.09. The second-order valence-electron chi connectivity index (χ2n) is 4.59. The second kappa shape index (κ2) is 5.42. The average molecular weight is 310 g/mol. The van der Waals surface area contributed by atoms with Gasteiger partial charge in [0, 0.05) is 15.5 Å². The fourth-order valence-corrected chi connectivity index (χ4v) is 3.21. The Balaban J connectivity index is 1.90. The number of guanidine groups is 1. The Kier molecular flexibility index (Phi) is 3.63. The lowest BCUT2D eigenvalue weighted by atomic mass is 10.1. The number of nitrogens with two attached hydrogens (primary N) is 1. The molecule has 104 valence electrons. The fraction of sp³-hybridized carbons (Fsp3) is 0.214. The van der Waals surface area contributed by atoms with Gasteiger partial charge >= 0.3 is 0 Å². The highest BCUT2D eigenvalue weighted by Gasteiger charge is 2.29. The lowest BCUT2D eigenvalue weighted by Crippen LogP contribution is -2.35. The summed E-state index contributed by atoms with van der Waals surface area (Å²) in [5.41, 5.74) is 6.48. The van der Waals surface area contributed by atoms with Gasteiger partial charge in [0.05, 0.1) is 19.1 Å². The topological polar surface area (TPSA) is 41.6 Å². The van der Waals surface area contributed by atoms with Crippen molar-refractivity contribution in [2.75, 3.05) is 6.54 Å². The Morgan fingerprint density at radius 3 is 3.05 bits per heavy atom. The molecule has 1 unspecified atom stereocenters. The molecule has 20 heavy (non-hydrogen) atoms. The first-order chi connectivity index (χ1) is 9.65. The summed E-state index contributed by atoms with van der Waals surface area (Å²) in [5, 5.41) is 2.52. The van der Waals surface area contributed by atoms with E-state index in [4.69, 9.17) is 17.3 Å². The van der Waals surface area contributed by atoms with Crippen LogP contribution in [0.1, 0.15) is 16.5 Å². The maximum Gasteiger partial charge on any atom is 0.192 e. The maximum atomic E-state index is 14.0. The summed E-state index contributed by atoms with van der Waals surface area (Å²) in [6.07, 6.45) is 0. The van der Waals surface area contributed by atoms with E-state index in [1.54, 1.807) is 23.5 Å². The Morgan fingerprint density at radius 2 is 2.30 bits per heavy atom. The molecule has 1 aromatic carbocycles. The summed E-state index contributed by atoms with van der Waals surface area (Å²) in [6.45, 7) is 1.08. The summed E-state index contributed by atoms with van der Waals surface area (Å²) < 4.78 is 14.0. The van der Waals surface area contributed by atoms with Crippen molar-refractivity contribution in [1.29, 1.82) is 0 Å². The zero-order valence-electron chi connectivity index (χ0n) is 10.6. The van der Waals surface area contributed by atoms with E-state index in [0.717, 1.165) is 4.88 Å². The molecule has 0 fully saturated rings. The normalized spacial score (nSPS) is 18.4. The summed E-state index contributed by atoms with van der Waals surface area (Å²) in [6, 6.07) is 8.39. The third-order valence-corrected chi connectivity index (χ3v) is 4.42. The van der Waals surface area contributed by atoms with E-state index in [1.165, 1.54) is 6.07 Å². The zero-order valence-corrected chi connectivity index (χ0v) is 12.2. The molecule has 2 heterocycles. The van der Waals surface area contributed by atoms with Gasteiger partial charge in [-0.15, -0.1) is 11.3 Å². The molecule has 1 atom stereocenters. The van der Waals surface area contributed by atoms with Crippen LogP contribution in [0.4, 0.5) is 4.39 Å². The standard InChI is InChI=1S/C14H13ClFN3S/c15-9-3-4-12(16)11(6-9)13-7-18-14(17)19(13)8-10-2-1-5-20-10/h1-6,13H,7-8H2,(H2,17,18). The quantitative estimate of drug-likeness (QED) is 0.944. The minimum absolute atomic E-state index is 0.198. The van der Waals surface area contributed by atoms with Crippen LogP contribution in [0.5, 0.6) is 0 Å². The van der Waals surface area contributed by atoms with Crippen LogP contribution in [0, 0.1) is 5.82 Å². The second-order valence-corrected chi connectivity index (χ2v) is 6.06. The number of nitrogens with zero attached hydrogens (tertiary/aromatic N) is 2. The van der Waals surface area contributed by atoms with Gasteiger partial charge < -0.3 is 10.6 Å². The number of hydrogen-bond donors (Lipinski definition) is 1. The molecule has 2 aromatic rings. The van der Waals surface area contributed by atoms with Crippen molar-refractivity contribution in [2.24, 2.45) is 10.7 Å². The highest BCUT2D eigenvalue weighted by atomic mass is 35.5. The van der Waals surface area contributed by atoms with Crippen molar-refractivity contribution in [3.05, 3.63) is 57.0 Å². The van der Waals surface area contributed by atoms with Crippen molar-refractivity contribution in [3.8, 4) is 0 Å². The van der Waals surface area contributed by atoms with Gasteiger partial charge in [0.25, 0.3) is 0 Å². The van der Waals surface area contributed by atoms with Crippen LogP contribution < -0.4 is 5.73 Å². The molecule has 0 aliphatic carbocycles. The van der Waals surface area contributed by atoms with E-state index in [9.17, 15) is 4.39 Å². The molecule has 6 heteroatoms. The highest BCUT2D eigenvalue weighted by Crippen LogP contribution is 2.31. The van der Waals surface area contributed by atoms with E-state index >= 15 is 0 Å². The van der Waals surface area contributed by atoms with Crippen molar-refractivity contribution < 1.29 is 4.39 Å². The SMILES string of the molecule is NC1=NCC(c2cc(Cl)ccc2F)N1Cc1cccs1. The monoisotopic (exact) mass is 309 g/mol. The molecular weight excluding hydrogens is 297 g/mol. The van der Waals surface area contributed by atoms with Crippen LogP contribution in [0.3, 0.4) is 0 Å². The van der Waals surface area contributed by atoms with E-state index in [1.807, 2.05) is 22.4 Å².